The Labute approximate surface area is 113 Å². The lowest BCUT2D eigenvalue weighted by Crippen LogP contribution is -2.27. The second kappa shape index (κ2) is 8.15. The number of nitrogens with zero attached hydrogens (tertiary/aromatic N) is 1. The van der Waals surface area contributed by atoms with Gasteiger partial charge in [-0.2, -0.15) is 17.0 Å². The van der Waals surface area contributed by atoms with E-state index in [2.05, 4.69) is 24.6 Å². The van der Waals surface area contributed by atoms with Crippen molar-refractivity contribution in [3.63, 3.8) is 0 Å². The number of aliphatic hydroxyl groups excluding tert-OH is 1. The number of hydrogen-bond acceptors (Lipinski definition) is 4. The standard InChI is InChI=1S/C14H20N2OS/c1-11(10-18-2)8-16-9-14(17)13-5-3-12(7-15)4-6-13/h3-6,11,14,16-17H,8-10H2,1-2H3. The lowest BCUT2D eigenvalue weighted by molar-refractivity contribution is 0.173. The van der Waals surface area contributed by atoms with Crippen LogP contribution in [0.4, 0.5) is 0 Å². The van der Waals surface area contributed by atoms with E-state index in [1.54, 1.807) is 24.3 Å². The average Bonchev–Trinajstić information content (AvgIpc) is 2.39. The molecule has 0 aliphatic rings. The molecule has 3 nitrogen and oxygen atoms in total. The first kappa shape index (κ1) is 15.0. The molecule has 0 amide bonds. The maximum atomic E-state index is 9.98. The van der Waals surface area contributed by atoms with Crippen molar-refractivity contribution in [3.05, 3.63) is 35.4 Å². The zero-order valence-corrected chi connectivity index (χ0v) is 11.7. The van der Waals surface area contributed by atoms with Crippen molar-refractivity contribution < 1.29 is 5.11 Å². The number of aliphatic hydroxyl groups is 1. The zero-order chi connectivity index (χ0) is 13.4. The van der Waals surface area contributed by atoms with Crippen LogP contribution in [0.15, 0.2) is 24.3 Å². The van der Waals surface area contributed by atoms with Crippen molar-refractivity contribution in [2.75, 3.05) is 25.1 Å². The first-order valence-electron chi connectivity index (χ1n) is 6.05. The first-order valence-corrected chi connectivity index (χ1v) is 7.44. The topological polar surface area (TPSA) is 56.0 Å². The van der Waals surface area contributed by atoms with E-state index >= 15 is 0 Å². The number of nitrogens with one attached hydrogen (secondary N) is 1. The lowest BCUT2D eigenvalue weighted by atomic mass is 10.1. The SMILES string of the molecule is CSCC(C)CNCC(O)c1ccc(C#N)cc1. The lowest BCUT2D eigenvalue weighted by Gasteiger charge is -2.15. The van der Waals surface area contributed by atoms with Gasteiger partial charge >= 0.3 is 0 Å². The summed E-state index contributed by atoms with van der Waals surface area (Å²) in [6.07, 6.45) is 1.58. The molecule has 0 heterocycles. The van der Waals surface area contributed by atoms with Crippen LogP contribution in [0.2, 0.25) is 0 Å². The van der Waals surface area contributed by atoms with Crippen molar-refractivity contribution in [1.29, 1.82) is 5.26 Å². The van der Waals surface area contributed by atoms with E-state index in [0.29, 0.717) is 18.0 Å². The summed E-state index contributed by atoms with van der Waals surface area (Å²) in [5.74, 6) is 1.73. The normalized spacial score (nSPS) is 13.9. The maximum absolute atomic E-state index is 9.98. The highest BCUT2D eigenvalue weighted by Gasteiger charge is 2.08. The summed E-state index contributed by atoms with van der Waals surface area (Å²) in [4.78, 5) is 0. The summed E-state index contributed by atoms with van der Waals surface area (Å²) in [6, 6.07) is 9.13. The fourth-order valence-electron chi connectivity index (χ4n) is 1.71. The van der Waals surface area contributed by atoms with Crippen LogP contribution < -0.4 is 5.32 Å². The van der Waals surface area contributed by atoms with Crippen LogP contribution in [0.5, 0.6) is 0 Å². The summed E-state index contributed by atoms with van der Waals surface area (Å²) < 4.78 is 0. The third-order valence-corrected chi connectivity index (χ3v) is 3.61. The Morgan fingerprint density at radius 3 is 2.56 bits per heavy atom. The Morgan fingerprint density at radius 1 is 1.33 bits per heavy atom. The minimum Gasteiger partial charge on any atom is -0.387 e. The van der Waals surface area contributed by atoms with E-state index in [1.165, 1.54) is 0 Å². The van der Waals surface area contributed by atoms with Crippen LogP contribution in [-0.2, 0) is 0 Å². The van der Waals surface area contributed by atoms with Gasteiger partial charge < -0.3 is 10.4 Å². The quantitative estimate of drug-likeness (QED) is 0.792. The molecule has 1 aromatic carbocycles. The van der Waals surface area contributed by atoms with Crippen molar-refractivity contribution in [1.82, 2.24) is 5.32 Å². The van der Waals surface area contributed by atoms with Crippen LogP contribution in [0, 0.1) is 17.2 Å². The van der Waals surface area contributed by atoms with Crippen molar-refractivity contribution >= 4 is 11.8 Å². The van der Waals surface area contributed by atoms with Gasteiger partial charge in [0.05, 0.1) is 17.7 Å². The summed E-state index contributed by atoms with van der Waals surface area (Å²) in [5.41, 5.74) is 1.46. The number of thioether (sulfide) groups is 1. The Kier molecular flexibility index (Phi) is 6.81. The van der Waals surface area contributed by atoms with Gasteiger partial charge in [-0.1, -0.05) is 19.1 Å². The van der Waals surface area contributed by atoms with Crippen LogP contribution in [-0.4, -0.2) is 30.2 Å². The van der Waals surface area contributed by atoms with E-state index in [4.69, 9.17) is 5.26 Å². The van der Waals surface area contributed by atoms with E-state index in [-0.39, 0.29) is 0 Å². The largest absolute Gasteiger partial charge is 0.387 e. The summed E-state index contributed by atoms with van der Waals surface area (Å²) in [5, 5.41) is 21.9. The molecule has 0 saturated carbocycles. The minimum atomic E-state index is -0.515. The van der Waals surface area contributed by atoms with Crippen molar-refractivity contribution in [2.45, 2.75) is 13.0 Å². The molecule has 0 aliphatic heterocycles. The highest BCUT2D eigenvalue weighted by atomic mass is 32.2. The van der Waals surface area contributed by atoms with Gasteiger partial charge in [-0.3, -0.25) is 0 Å². The third-order valence-electron chi connectivity index (χ3n) is 2.71. The van der Waals surface area contributed by atoms with Gasteiger partial charge in [0, 0.05) is 6.54 Å². The fraction of sp³-hybridized carbons (Fsp3) is 0.500. The van der Waals surface area contributed by atoms with E-state index < -0.39 is 6.10 Å². The van der Waals surface area contributed by atoms with Gasteiger partial charge in [0.1, 0.15) is 0 Å². The molecule has 4 heteroatoms. The monoisotopic (exact) mass is 264 g/mol. The highest BCUT2D eigenvalue weighted by Crippen LogP contribution is 2.13. The third kappa shape index (κ3) is 5.09. The molecule has 0 aliphatic carbocycles. The average molecular weight is 264 g/mol. The Balaban J connectivity index is 2.36. The second-order valence-electron chi connectivity index (χ2n) is 4.47. The van der Waals surface area contributed by atoms with Gasteiger partial charge in [0.15, 0.2) is 0 Å². The number of nitriles is 1. The van der Waals surface area contributed by atoms with Crippen LogP contribution in [0.25, 0.3) is 0 Å². The fourth-order valence-corrected chi connectivity index (χ4v) is 2.39. The van der Waals surface area contributed by atoms with E-state index in [0.717, 1.165) is 17.9 Å². The van der Waals surface area contributed by atoms with Gasteiger partial charge in [-0.05, 0) is 42.2 Å². The molecule has 0 radical (unpaired) electrons. The molecule has 0 aromatic heterocycles. The van der Waals surface area contributed by atoms with Crippen molar-refractivity contribution in [3.8, 4) is 6.07 Å². The summed E-state index contributed by atoms with van der Waals surface area (Å²) >= 11 is 1.84. The summed E-state index contributed by atoms with van der Waals surface area (Å²) in [7, 11) is 0. The van der Waals surface area contributed by atoms with E-state index in [9.17, 15) is 5.11 Å². The highest BCUT2D eigenvalue weighted by molar-refractivity contribution is 7.98. The maximum Gasteiger partial charge on any atom is 0.0991 e. The van der Waals surface area contributed by atoms with E-state index in [1.807, 2.05) is 11.8 Å². The molecule has 0 fully saturated rings. The molecular formula is C14H20N2OS. The second-order valence-corrected chi connectivity index (χ2v) is 5.38. The van der Waals surface area contributed by atoms with Crippen LogP contribution >= 0.6 is 11.8 Å². The number of benzene rings is 1. The Morgan fingerprint density at radius 2 is 2.00 bits per heavy atom. The Bertz CT molecular complexity index is 386. The first-order chi connectivity index (χ1) is 8.67. The molecule has 1 aromatic rings. The predicted molar refractivity (Wildman–Crippen MR) is 76.5 cm³/mol. The molecular weight excluding hydrogens is 244 g/mol. The number of hydrogen-bond donors (Lipinski definition) is 2. The Hall–Kier alpha value is -1.02. The zero-order valence-electron chi connectivity index (χ0n) is 10.9. The van der Waals surface area contributed by atoms with Crippen LogP contribution in [0.3, 0.4) is 0 Å². The molecule has 2 atom stereocenters. The van der Waals surface area contributed by atoms with Gasteiger partial charge in [-0.15, -0.1) is 0 Å². The molecule has 0 saturated heterocycles. The molecule has 1 rings (SSSR count). The molecule has 18 heavy (non-hydrogen) atoms. The molecule has 2 N–H and O–H groups in total. The smallest absolute Gasteiger partial charge is 0.0991 e. The van der Waals surface area contributed by atoms with Crippen molar-refractivity contribution in [2.24, 2.45) is 5.92 Å². The summed E-state index contributed by atoms with van der Waals surface area (Å²) in [6.45, 7) is 3.65. The molecule has 0 spiro atoms. The predicted octanol–water partition coefficient (Wildman–Crippen LogP) is 2.18. The van der Waals surface area contributed by atoms with Crippen LogP contribution in [0.1, 0.15) is 24.2 Å². The molecule has 98 valence electrons. The van der Waals surface area contributed by atoms with Gasteiger partial charge in [0.2, 0.25) is 0 Å². The minimum absolute atomic E-state index is 0.515. The van der Waals surface area contributed by atoms with Gasteiger partial charge in [-0.25, -0.2) is 0 Å². The number of rotatable bonds is 7. The molecule has 2 unspecified atom stereocenters. The molecule has 0 bridgehead atoms. The van der Waals surface area contributed by atoms with Gasteiger partial charge in [0.25, 0.3) is 0 Å².